The van der Waals surface area contributed by atoms with Crippen LogP contribution in [-0.2, 0) is 19.3 Å². The van der Waals surface area contributed by atoms with Crippen molar-refractivity contribution in [2.75, 3.05) is 0 Å². The van der Waals surface area contributed by atoms with E-state index in [0.717, 1.165) is 17.8 Å². The third-order valence-electron chi connectivity index (χ3n) is 6.53. The van der Waals surface area contributed by atoms with Crippen molar-refractivity contribution in [2.45, 2.75) is 84.6 Å². The van der Waals surface area contributed by atoms with Gasteiger partial charge in [0.1, 0.15) is 0 Å². The van der Waals surface area contributed by atoms with Gasteiger partial charge in [0.15, 0.2) is 0 Å². The highest BCUT2D eigenvalue weighted by Crippen LogP contribution is 2.41. The average molecular weight is 314 g/mol. The van der Waals surface area contributed by atoms with Crippen LogP contribution in [0.5, 0.6) is 0 Å². The molecule has 2 N–H and O–H groups in total. The Kier molecular flexibility index (Phi) is 5.46. The Balaban J connectivity index is 1.80. The summed E-state index contributed by atoms with van der Waals surface area (Å²) in [4.78, 5) is 0. The lowest BCUT2D eigenvalue weighted by Gasteiger charge is -2.36. The average Bonchev–Trinajstić information content (AvgIpc) is 2.55. The summed E-state index contributed by atoms with van der Waals surface area (Å²) >= 11 is 0. The topological polar surface area (TPSA) is 26.0 Å². The largest absolute Gasteiger partial charge is 0.324 e. The van der Waals surface area contributed by atoms with Gasteiger partial charge in [-0.25, -0.2) is 0 Å². The fourth-order valence-corrected chi connectivity index (χ4v) is 5.11. The minimum Gasteiger partial charge on any atom is -0.324 e. The Hall–Kier alpha value is -0.820. The van der Waals surface area contributed by atoms with Crippen molar-refractivity contribution >= 4 is 0 Å². The van der Waals surface area contributed by atoms with E-state index < -0.39 is 0 Å². The van der Waals surface area contributed by atoms with E-state index in [-0.39, 0.29) is 6.04 Å². The highest BCUT2D eigenvalue weighted by atomic mass is 14.6. The van der Waals surface area contributed by atoms with Crippen LogP contribution in [0.25, 0.3) is 0 Å². The van der Waals surface area contributed by atoms with E-state index in [4.69, 9.17) is 5.73 Å². The maximum absolute atomic E-state index is 6.24. The van der Waals surface area contributed by atoms with Crippen molar-refractivity contribution in [1.82, 2.24) is 0 Å². The number of nitrogens with two attached hydrogens (primary N) is 1. The second kappa shape index (κ2) is 7.38. The van der Waals surface area contributed by atoms with E-state index >= 15 is 0 Å². The minimum atomic E-state index is 0.166. The van der Waals surface area contributed by atoms with E-state index in [1.165, 1.54) is 63.4 Å². The molecule has 128 valence electrons. The summed E-state index contributed by atoms with van der Waals surface area (Å²) in [5, 5.41) is 0. The summed E-state index contributed by atoms with van der Waals surface area (Å²) in [6.45, 7) is 6.85. The lowest BCUT2D eigenvalue weighted by molar-refractivity contribution is 0.197. The van der Waals surface area contributed by atoms with Crippen LogP contribution in [0.3, 0.4) is 0 Å². The Morgan fingerprint density at radius 2 is 1.83 bits per heavy atom. The molecule has 0 saturated heterocycles. The molecule has 1 saturated carbocycles. The van der Waals surface area contributed by atoms with Gasteiger partial charge in [-0.1, -0.05) is 45.2 Å². The van der Waals surface area contributed by atoms with Crippen molar-refractivity contribution in [2.24, 2.45) is 23.5 Å². The third kappa shape index (κ3) is 3.65. The summed E-state index contributed by atoms with van der Waals surface area (Å²) < 4.78 is 0. The van der Waals surface area contributed by atoms with Crippen LogP contribution in [0.4, 0.5) is 0 Å². The first-order valence-corrected chi connectivity index (χ1v) is 9.99. The SMILES string of the molecule is CCCc1c(C(C)N)ccc2c1CCC(C1CCC(C)CC1)C2. The predicted molar refractivity (Wildman–Crippen MR) is 99.7 cm³/mol. The van der Waals surface area contributed by atoms with Gasteiger partial charge in [-0.2, -0.15) is 0 Å². The van der Waals surface area contributed by atoms with Crippen LogP contribution in [0.1, 0.15) is 87.6 Å². The third-order valence-corrected chi connectivity index (χ3v) is 6.53. The first-order valence-electron chi connectivity index (χ1n) is 9.99. The van der Waals surface area contributed by atoms with Crippen LogP contribution in [-0.4, -0.2) is 0 Å². The van der Waals surface area contributed by atoms with Crippen LogP contribution < -0.4 is 5.73 Å². The zero-order chi connectivity index (χ0) is 16.4. The Bertz CT molecular complexity index is 523. The molecule has 23 heavy (non-hydrogen) atoms. The van der Waals surface area contributed by atoms with Gasteiger partial charge in [-0.3, -0.25) is 0 Å². The number of hydrogen-bond acceptors (Lipinski definition) is 1. The molecule has 0 bridgehead atoms. The quantitative estimate of drug-likeness (QED) is 0.770. The molecule has 2 aliphatic rings. The second-order valence-corrected chi connectivity index (χ2v) is 8.33. The number of fused-ring (bicyclic) bond motifs is 1. The maximum atomic E-state index is 6.24. The molecular weight excluding hydrogens is 278 g/mol. The molecule has 0 radical (unpaired) electrons. The standard InChI is InChI=1S/C22H35N/c1-4-5-22-20(16(3)23)12-11-19-14-18(10-13-21(19)22)17-8-6-15(2)7-9-17/h11-12,15-18H,4-10,13-14,23H2,1-3H3. The molecule has 2 atom stereocenters. The molecule has 2 aliphatic carbocycles. The first-order chi connectivity index (χ1) is 11.1. The number of hydrogen-bond donors (Lipinski definition) is 1. The fraction of sp³-hybridized carbons (Fsp3) is 0.727. The highest BCUT2D eigenvalue weighted by Gasteiger charge is 2.30. The summed E-state index contributed by atoms with van der Waals surface area (Å²) in [5.74, 6) is 2.89. The van der Waals surface area contributed by atoms with Gasteiger partial charge in [0, 0.05) is 6.04 Å². The van der Waals surface area contributed by atoms with E-state index in [2.05, 4.69) is 32.9 Å². The predicted octanol–water partition coefficient (Wildman–Crippen LogP) is 5.59. The first kappa shape index (κ1) is 17.0. The normalized spacial score (nSPS) is 29.1. The molecule has 0 aliphatic heterocycles. The van der Waals surface area contributed by atoms with E-state index in [1.807, 2.05) is 0 Å². The zero-order valence-electron chi connectivity index (χ0n) is 15.4. The molecular formula is C22H35N. The smallest absolute Gasteiger partial charge is 0.0268 e. The van der Waals surface area contributed by atoms with Crippen molar-refractivity contribution in [1.29, 1.82) is 0 Å². The zero-order valence-corrected chi connectivity index (χ0v) is 15.4. The highest BCUT2D eigenvalue weighted by molar-refractivity contribution is 5.44. The van der Waals surface area contributed by atoms with E-state index in [0.29, 0.717) is 0 Å². The lowest BCUT2D eigenvalue weighted by atomic mass is 9.69. The molecule has 0 aromatic heterocycles. The van der Waals surface area contributed by atoms with Gasteiger partial charge in [0.25, 0.3) is 0 Å². The van der Waals surface area contributed by atoms with Crippen molar-refractivity contribution < 1.29 is 0 Å². The summed E-state index contributed by atoms with van der Waals surface area (Å²) in [5.41, 5.74) is 12.5. The molecule has 1 fully saturated rings. The maximum Gasteiger partial charge on any atom is 0.0268 e. The van der Waals surface area contributed by atoms with Gasteiger partial charge in [0.05, 0.1) is 0 Å². The summed E-state index contributed by atoms with van der Waals surface area (Å²) in [6, 6.07) is 4.91. The van der Waals surface area contributed by atoms with Crippen molar-refractivity contribution in [3.63, 3.8) is 0 Å². The molecule has 1 aromatic carbocycles. The Morgan fingerprint density at radius 3 is 2.48 bits per heavy atom. The molecule has 3 rings (SSSR count). The minimum absolute atomic E-state index is 0.166. The molecule has 1 aromatic rings. The van der Waals surface area contributed by atoms with Crippen molar-refractivity contribution in [3.8, 4) is 0 Å². The number of benzene rings is 1. The molecule has 0 heterocycles. The van der Waals surface area contributed by atoms with Gasteiger partial charge in [-0.05, 0) is 85.5 Å². The van der Waals surface area contributed by atoms with Gasteiger partial charge >= 0.3 is 0 Å². The second-order valence-electron chi connectivity index (χ2n) is 8.33. The molecule has 2 unspecified atom stereocenters. The monoisotopic (exact) mass is 313 g/mol. The molecule has 0 spiro atoms. The van der Waals surface area contributed by atoms with Crippen LogP contribution in [0.15, 0.2) is 12.1 Å². The van der Waals surface area contributed by atoms with Gasteiger partial charge in [-0.15, -0.1) is 0 Å². The van der Waals surface area contributed by atoms with E-state index in [1.54, 1.807) is 16.7 Å². The Labute approximate surface area is 143 Å². The van der Waals surface area contributed by atoms with Crippen molar-refractivity contribution in [3.05, 3.63) is 34.4 Å². The van der Waals surface area contributed by atoms with Gasteiger partial charge in [0.2, 0.25) is 0 Å². The van der Waals surface area contributed by atoms with Crippen LogP contribution in [0, 0.1) is 17.8 Å². The van der Waals surface area contributed by atoms with E-state index in [9.17, 15) is 0 Å². The molecule has 1 nitrogen and oxygen atoms in total. The Morgan fingerprint density at radius 1 is 1.09 bits per heavy atom. The molecule has 1 heteroatoms. The van der Waals surface area contributed by atoms with Crippen LogP contribution >= 0.6 is 0 Å². The van der Waals surface area contributed by atoms with Crippen LogP contribution in [0.2, 0.25) is 0 Å². The summed E-state index contributed by atoms with van der Waals surface area (Å²) in [6.07, 6.45) is 12.3. The van der Waals surface area contributed by atoms with Gasteiger partial charge < -0.3 is 5.73 Å². The fourth-order valence-electron chi connectivity index (χ4n) is 5.11. The lowest BCUT2D eigenvalue weighted by Crippen LogP contribution is -2.27. The summed E-state index contributed by atoms with van der Waals surface area (Å²) in [7, 11) is 0. The number of rotatable bonds is 4. The molecule has 0 amide bonds.